The predicted octanol–water partition coefficient (Wildman–Crippen LogP) is 5.64. The van der Waals surface area contributed by atoms with Crippen molar-refractivity contribution in [1.29, 1.82) is 0 Å². The van der Waals surface area contributed by atoms with Crippen LogP contribution < -0.4 is 14.4 Å². The van der Waals surface area contributed by atoms with Gasteiger partial charge in [0, 0.05) is 46.2 Å². The Morgan fingerprint density at radius 3 is 2.61 bits per heavy atom. The molecule has 6 nitrogen and oxygen atoms in total. The van der Waals surface area contributed by atoms with E-state index >= 15 is 0 Å². The summed E-state index contributed by atoms with van der Waals surface area (Å²) in [5.41, 5.74) is 3.49. The third kappa shape index (κ3) is 3.50. The van der Waals surface area contributed by atoms with E-state index < -0.39 is 0 Å². The Hall–Kier alpha value is -3.22. The summed E-state index contributed by atoms with van der Waals surface area (Å²) in [6, 6.07) is 19.0. The van der Waals surface area contributed by atoms with Gasteiger partial charge in [0.1, 0.15) is 5.82 Å². The van der Waals surface area contributed by atoms with Crippen LogP contribution in [0, 0.1) is 0 Å². The highest BCUT2D eigenvalue weighted by Crippen LogP contribution is 2.39. The number of benzene rings is 3. The Labute approximate surface area is 200 Å². The summed E-state index contributed by atoms with van der Waals surface area (Å²) in [6.07, 6.45) is 0.369. The van der Waals surface area contributed by atoms with Crippen molar-refractivity contribution in [2.24, 2.45) is 0 Å². The van der Waals surface area contributed by atoms with Crippen molar-refractivity contribution in [2.75, 3.05) is 18.2 Å². The number of hydrogen-bond donors (Lipinski definition) is 0. The molecule has 6 rings (SSSR count). The summed E-state index contributed by atoms with van der Waals surface area (Å²) < 4.78 is 13.0. The number of carbonyl (C=O) groups is 1. The van der Waals surface area contributed by atoms with Crippen molar-refractivity contribution in [3.05, 3.63) is 82.1 Å². The van der Waals surface area contributed by atoms with E-state index in [0.717, 1.165) is 28.1 Å². The number of imidazole rings is 1. The Bertz CT molecular complexity index is 1380. The van der Waals surface area contributed by atoms with Crippen molar-refractivity contribution in [1.82, 2.24) is 9.55 Å². The fraction of sp³-hybridized carbons (Fsp3) is 0.200. The second-order valence-electron chi connectivity index (χ2n) is 8.19. The van der Waals surface area contributed by atoms with Crippen molar-refractivity contribution in [3.8, 4) is 11.5 Å². The van der Waals surface area contributed by atoms with Gasteiger partial charge in [-0.3, -0.25) is 4.79 Å². The average molecular weight is 480 g/mol. The molecule has 1 saturated heterocycles. The molecule has 2 aliphatic rings. The lowest BCUT2D eigenvalue weighted by atomic mass is 10.1. The van der Waals surface area contributed by atoms with Crippen LogP contribution in [0.5, 0.6) is 11.5 Å². The van der Waals surface area contributed by atoms with Crippen molar-refractivity contribution in [2.45, 2.75) is 18.9 Å². The number of aromatic nitrogens is 2. The number of hydrogen-bond acceptors (Lipinski definition) is 4. The van der Waals surface area contributed by atoms with Crippen LogP contribution in [-0.2, 0) is 11.3 Å². The first kappa shape index (κ1) is 20.4. The van der Waals surface area contributed by atoms with E-state index in [-0.39, 0.29) is 18.6 Å². The zero-order valence-electron chi connectivity index (χ0n) is 17.5. The molecule has 3 aromatic carbocycles. The molecule has 1 atom stereocenters. The van der Waals surface area contributed by atoms with E-state index in [0.29, 0.717) is 41.1 Å². The maximum Gasteiger partial charge on any atom is 0.231 e. The molecule has 0 aliphatic carbocycles. The van der Waals surface area contributed by atoms with Gasteiger partial charge in [0.25, 0.3) is 0 Å². The number of nitrogens with zero attached hydrogens (tertiary/aromatic N) is 3. The van der Waals surface area contributed by atoms with Gasteiger partial charge < -0.3 is 18.9 Å². The van der Waals surface area contributed by atoms with Crippen LogP contribution in [0.15, 0.2) is 60.7 Å². The van der Waals surface area contributed by atoms with Crippen LogP contribution in [0.3, 0.4) is 0 Å². The molecule has 1 fully saturated rings. The summed E-state index contributed by atoms with van der Waals surface area (Å²) in [5.74, 6) is 2.18. The normalized spacial score (nSPS) is 17.3. The van der Waals surface area contributed by atoms with Crippen LogP contribution in [0.2, 0.25) is 10.0 Å². The molecule has 1 amide bonds. The SMILES string of the molecule is O=C1CC(c2nc3ccccc3n2Cc2c(Cl)cccc2Cl)CN1c1ccc2c(c1)OCO2. The van der Waals surface area contributed by atoms with Gasteiger partial charge in [-0.1, -0.05) is 41.4 Å². The number of fused-ring (bicyclic) bond motifs is 2. The van der Waals surface area contributed by atoms with Crippen LogP contribution in [0.1, 0.15) is 23.7 Å². The van der Waals surface area contributed by atoms with Crippen LogP contribution in [0.25, 0.3) is 11.0 Å². The van der Waals surface area contributed by atoms with Crippen LogP contribution in [-0.4, -0.2) is 28.8 Å². The molecular formula is C25H19Cl2N3O3. The highest BCUT2D eigenvalue weighted by atomic mass is 35.5. The highest BCUT2D eigenvalue weighted by Gasteiger charge is 2.35. The second-order valence-corrected chi connectivity index (χ2v) is 9.00. The number of carbonyl (C=O) groups excluding carboxylic acids is 1. The number of para-hydroxylation sites is 2. The minimum Gasteiger partial charge on any atom is -0.454 e. The topological polar surface area (TPSA) is 56.6 Å². The lowest BCUT2D eigenvalue weighted by Crippen LogP contribution is -2.24. The Kier molecular flexibility index (Phi) is 4.93. The van der Waals surface area contributed by atoms with E-state index in [1.165, 1.54) is 0 Å². The van der Waals surface area contributed by atoms with E-state index in [1.54, 1.807) is 4.90 Å². The molecule has 0 spiro atoms. The lowest BCUT2D eigenvalue weighted by Gasteiger charge is -2.18. The first-order valence-electron chi connectivity index (χ1n) is 10.7. The summed E-state index contributed by atoms with van der Waals surface area (Å²) in [4.78, 5) is 19.7. The Balaban J connectivity index is 1.38. The van der Waals surface area contributed by atoms with Gasteiger partial charge in [-0.15, -0.1) is 0 Å². The molecule has 1 aromatic heterocycles. The van der Waals surface area contributed by atoms with Crippen molar-refractivity contribution < 1.29 is 14.3 Å². The smallest absolute Gasteiger partial charge is 0.231 e. The molecule has 8 heteroatoms. The monoisotopic (exact) mass is 479 g/mol. The minimum atomic E-state index is -0.0726. The maximum atomic E-state index is 13.0. The molecule has 2 aliphatic heterocycles. The largest absolute Gasteiger partial charge is 0.454 e. The summed E-state index contributed by atoms with van der Waals surface area (Å²) >= 11 is 13.0. The van der Waals surface area contributed by atoms with Crippen molar-refractivity contribution in [3.63, 3.8) is 0 Å². The minimum absolute atomic E-state index is 0.0493. The molecule has 0 radical (unpaired) electrons. The quantitative estimate of drug-likeness (QED) is 0.380. The fourth-order valence-electron chi connectivity index (χ4n) is 4.60. The van der Waals surface area contributed by atoms with E-state index in [4.69, 9.17) is 37.7 Å². The van der Waals surface area contributed by atoms with Crippen molar-refractivity contribution >= 4 is 45.8 Å². The molecule has 33 heavy (non-hydrogen) atoms. The molecule has 1 unspecified atom stereocenters. The Morgan fingerprint density at radius 2 is 1.76 bits per heavy atom. The lowest BCUT2D eigenvalue weighted by molar-refractivity contribution is -0.117. The molecule has 0 bridgehead atoms. The van der Waals surface area contributed by atoms with Crippen LogP contribution in [0.4, 0.5) is 5.69 Å². The molecule has 4 aromatic rings. The summed E-state index contributed by atoms with van der Waals surface area (Å²) in [6.45, 7) is 1.20. The van der Waals surface area contributed by atoms with Gasteiger partial charge in [0.2, 0.25) is 12.7 Å². The first-order chi connectivity index (χ1) is 16.1. The number of amides is 1. The molecule has 0 saturated carbocycles. The number of halogens is 2. The van der Waals surface area contributed by atoms with Gasteiger partial charge in [-0.05, 0) is 36.4 Å². The molecular weight excluding hydrogens is 461 g/mol. The van der Waals surface area contributed by atoms with Gasteiger partial charge in [0.05, 0.1) is 17.6 Å². The average Bonchev–Trinajstić information content (AvgIpc) is 3.52. The van der Waals surface area contributed by atoms with E-state index in [2.05, 4.69) is 4.57 Å². The van der Waals surface area contributed by atoms with E-state index in [9.17, 15) is 4.79 Å². The second kappa shape index (κ2) is 7.97. The van der Waals surface area contributed by atoms with Gasteiger partial charge in [-0.25, -0.2) is 4.98 Å². The standard InChI is InChI=1S/C25H19Cl2N3O3/c26-18-4-3-5-19(27)17(18)13-30-21-7-2-1-6-20(21)28-25(30)15-10-24(31)29(12-15)16-8-9-22-23(11-16)33-14-32-22/h1-9,11,15H,10,12-14H2. The molecule has 3 heterocycles. The Morgan fingerprint density at radius 1 is 0.970 bits per heavy atom. The van der Waals surface area contributed by atoms with E-state index in [1.807, 2.05) is 60.7 Å². The predicted molar refractivity (Wildman–Crippen MR) is 128 cm³/mol. The van der Waals surface area contributed by atoms with Gasteiger partial charge in [0.15, 0.2) is 11.5 Å². The number of anilines is 1. The highest BCUT2D eigenvalue weighted by molar-refractivity contribution is 6.36. The maximum absolute atomic E-state index is 13.0. The third-order valence-corrected chi connectivity index (χ3v) is 6.93. The fourth-order valence-corrected chi connectivity index (χ4v) is 5.11. The zero-order chi connectivity index (χ0) is 22.5. The number of ether oxygens (including phenoxy) is 2. The zero-order valence-corrected chi connectivity index (χ0v) is 19.0. The molecule has 0 N–H and O–H groups in total. The first-order valence-corrected chi connectivity index (χ1v) is 11.4. The molecule has 166 valence electrons. The van der Waals surface area contributed by atoms with Gasteiger partial charge >= 0.3 is 0 Å². The van der Waals surface area contributed by atoms with Gasteiger partial charge in [-0.2, -0.15) is 0 Å². The summed E-state index contributed by atoms with van der Waals surface area (Å²) in [7, 11) is 0. The van der Waals surface area contributed by atoms with Crippen LogP contribution >= 0.6 is 23.2 Å². The third-order valence-electron chi connectivity index (χ3n) is 6.22. The number of rotatable bonds is 4. The summed E-state index contributed by atoms with van der Waals surface area (Å²) in [5, 5.41) is 1.21.